The molecule has 0 aliphatic rings. The fourth-order valence-corrected chi connectivity index (χ4v) is 1.88. The number of ether oxygens (including phenoxy) is 4. The molecule has 0 fully saturated rings. The highest BCUT2D eigenvalue weighted by molar-refractivity contribution is 5.86. The lowest BCUT2D eigenvalue weighted by Crippen LogP contribution is -2.47. The minimum Gasteiger partial charge on any atom is -0.475 e. The lowest BCUT2D eigenvalue weighted by Gasteiger charge is -2.24. The van der Waals surface area contributed by atoms with Crippen LogP contribution < -0.4 is 4.74 Å². The molecule has 0 heterocycles. The first kappa shape index (κ1) is 21.0. The van der Waals surface area contributed by atoms with Gasteiger partial charge in [0.2, 0.25) is 12.2 Å². The van der Waals surface area contributed by atoms with Gasteiger partial charge in [-0.15, -0.1) is 0 Å². The average molecular weight is 352 g/mol. The minimum absolute atomic E-state index is 0.162. The normalized spacial score (nSPS) is 13.4. The SMILES string of the molecule is COC(C(=O)OCC(C)C)C(Oc1ccccc1)C(=O)OCC(C)C. The van der Waals surface area contributed by atoms with Crippen LogP contribution >= 0.6 is 0 Å². The summed E-state index contributed by atoms with van der Waals surface area (Å²) < 4.78 is 21.3. The Kier molecular flexibility index (Phi) is 8.99. The van der Waals surface area contributed by atoms with Crippen LogP contribution in [-0.2, 0) is 23.8 Å². The summed E-state index contributed by atoms with van der Waals surface area (Å²) in [6, 6.07) is 8.74. The summed E-state index contributed by atoms with van der Waals surface area (Å²) in [6.45, 7) is 8.15. The molecule has 0 aliphatic heterocycles. The number of hydrogen-bond acceptors (Lipinski definition) is 6. The van der Waals surface area contributed by atoms with E-state index in [4.69, 9.17) is 18.9 Å². The van der Waals surface area contributed by atoms with Gasteiger partial charge in [0.1, 0.15) is 5.75 Å². The van der Waals surface area contributed by atoms with Crippen molar-refractivity contribution in [3.63, 3.8) is 0 Å². The van der Waals surface area contributed by atoms with Crippen LogP contribution in [0.5, 0.6) is 5.75 Å². The standard InChI is InChI=1S/C19H28O6/c1-13(2)11-23-18(20)16(22-5)17(19(21)24-12-14(3)4)25-15-9-7-6-8-10-15/h6-10,13-14,16-17H,11-12H2,1-5H3. The maximum absolute atomic E-state index is 12.5. The van der Waals surface area contributed by atoms with Crippen molar-refractivity contribution in [3.8, 4) is 5.75 Å². The first-order chi connectivity index (χ1) is 11.8. The molecule has 140 valence electrons. The van der Waals surface area contributed by atoms with E-state index in [2.05, 4.69) is 0 Å². The predicted octanol–water partition coefficient (Wildman–Crippen LogP) is 2.85. The van der Waals surface area contributed by atoms with E-state index in [1.807, 2.05) is 33.8 Å². The quantitative estimate of drug-likeness (QED) is 0.603. The highest BCUT2D eigenvalue weighted by atomic mass is 16.6. The molecule has 0 N–H and O–H groups in total. The molecule has 0 bridgehead atoms. The number of esters is 2. The van der Waals surface area contributed by atoms with Crippen molar-refractivity contribution in [2.45, 2.75) is 39.9 Å². The lowest BCUT2D eigenvalue weighted by atomic mass is 10.2. The molecular formula is C19H28O6. The average Bonchev–Trinajstić information content (AvgIpc) is 2.58. The van der Waals surface area contributed by atoms with Crippen molar-refractivity contribution in [1.82, 2.24) is 0 Å². The molecule has 6 heteroatoms. The van der Waals surface area contributed by atoms with Crippen molar-refractivity contribution in [3.05, 3.63) is 30.3 Å². The van der Waals surface area contributed by atoms with E-state index in [1.165, 1.54) is 7.11 Å². The molecule has 6 nitrogen and oxygen atoms in total. The fourth-order valence-electron chi connectivity index (χ4n) is 1.88. The van der Waals surface area contributed by atoms with Gasteiger partial charge in [0, 0.05) is 7.11 Å². The predicted molar refractivity (Wildman–Crippen MR) is 93.2 cm³/mol. The maximum Gasteiger partial charge on any atom is 0.350 e. The van der Waals surface area contributed by atoms with Crippen LogP contribution in [0.1, 0.15) is 27.7 Å². The van der Waals surface area contributed by atoms with Gasteiger partial charge in [-0.05, 0) is 24.0 Å². The van der Waals surface area contributed by atoms with E-state index in [-0.39, 0.29) is 25.0 Å². The number of carbonyl (C=O) groups excluding carboxylic acids is 2. The van der Waals surface area contributed by atoms with Gasteiger partial charge in [0.25, 0.3) is 0 Å². The molecule has 0 aliphatic carbocycles. The summed E-state index contributed by atoms with van der Waals surface area (Å²) >= 11 is 0. The van der Waals surface area contributed by atoms with Crippen LogP contribution in [0.25, 0.3) is 0 Å². The van der Waals surface area contributed by atoms with Gasteiger partial charge < -0.3 is 18.9 Å². The monoisotopic (exact) mass is 352 g/mol. The zero-order chi connectivity index (χ0) is 18.8. The molecule has 0 radical (unpaired) electrons. The molecule has 0 saturated heterocycles. The summed E-state index contributed by atoms with van der Waals surface area (Å²) in [5, 5.41) is 0. The Morgan fingerprint density at radius 2 is 1.32 bits per heavy atom. The van der Waals surface area contributed by atoms with Crippen LogP contribution in [0, 0.1) is 11.8 Å². The van der Waals surface area contributed by atoms with Crippen molar-refractivity contribution in [2.24, 2.45) is 11.8 Å². The third-order valence-electron chi connectivity index (χ3n) is 3.12. The molecular weight excluding hydrogens is 324 g/mol. The highest BCUT2D eigenvalue weighted by Crippen LogP contribution is 2.17. The zero-order valence-electron chi connectivity index (χ0n) is 15.6. The first-order valence-electron chi connectivity index (χ1n) is 8.42. The first-order valence-corrected chi connectivity index (χ1v) is 8.42. The topological polar surface area (TPSA) is 71.1 Å². The Hall–Kier alpha value is -2.08. The Balaban J connectivity index is 2.92. The smallest absolute Gasteiger partial charge is 0.350 e. The molecule has 25 heavy (non-hydrogen) atoms. The number of para-hydroxylation sites is 1. The van der Waals surface area contributed by atoms with Crippen molar-refractivity contribution in [1.29, 1.82) is 0 Å². The van der Waals surface area contributed by atoms with Gasteiger partial charge in [0.05, 0.1) is 13.2 Å². The number of rotatable bonds is 10. The summed E-state index contributed by atoms with van der Waals surface area (Å²) in [4.78, 5) is 24.8. The maximum atomic E-state index is 12.5. The van der Waals surface area contributed by atoms with Crippen LogP contribution in [-0.4, -0.2) is 44.5 Å². The lowest BCUT2D eigenvalue weighted by molar-refractivity contribution is -0.174. The summed E-state index contributed by atoms with van der Waals surface area (Å²) in [6.07, 6.45) is -2.45. The second kappa shape index (κ2) is 10.7. The van der Waals surface area contributed by atoms with Gasteiger partial charge in [-0.2, -0.15) is 0 Å². The third-order valence-corrected chi connectivity index (χ3v) is 3.12. The van der Waals surface area contributed by atoms with Gasteiger partial charge in [-0.25, -0.2) is 9.59 Å². The van der Waals surface area contributed by atoms with Gasteiger partial charge in [-0.1, -0.05) is 45.9 Å². The van der Waals surface area contributed by atoms with Crippen molar-refractivity contribution in [2.75, 3.05) is 20.3 Å². The highest BCUT2D eigenvalue weighted by Gasteiger charge is 2.39. The number of methoxy groups -OCH3 is 1. The van der Waals surface area contributed by atoms with Crippen LogP contribution in [0.2, 0.25) is 0 Å². The molecule has 0 saturated carbocycles. The zero-order valence-corrected chi connectivity index (χ0v) is 15.6. The number of hydrogen-bond donors (Lipinski definition) is 0. The summed E-state index contributed by atoms with van der Waals surface area (Å²) in [5.74, 6) is -0.546. The van der Waals surface area contributed by atoms with Gasteiger partial charge in [0.15, 0.2) is 0 Å². The largest absolute Gasteiger partial charge is 0.475 e. The van der Waals surface area contributed by atoms with E-state index < -0.39 is 24.1 Å². The number of benzene rings is 1. The van der Waals surface area contributed by atoms with E-state index in [0.29, 0.717) is 5.75 Å². The molecule has 1 aromatic carbocycles. The minimum atomic E-state index is -1.24. The molecule has 0 aromatic heterocycles. The second-order valence-corrected chi connectivity index (χ2v) is 6.56. The van der Waals surface area contributed by atoms with Crippen molar-refractivity contribution < 1.29 is 28.5 Å². The Morgan fingerprint density at radius 1 is 0.840 bits per heavy atom. The second-order valence-electron chi connectivity index (χ2n) is 6.56. The molecule has 1 rings (SSSR count). The van der Waals surface area contributed by atoms with Crippen LogP contribution in [0.3, 0.4) is 0 Å². The third kappa shape index (κ3) is 7.56. The molecule has 1 aromatic rings. The van der Waals surface area contributed by atoms with E-state index in [0.717, 1.165) is 0 Å². The molecule has 2 unspecified atom stereocenters. The van der Waals surface area contributed by atoms with Crippen LogP contribution in [0.4, 0.5) is 0 Å². The Morgan fingerprint density at radius 3 is 1.76 bits per heavy atom. The summed E-state index contributed by atoms with van der Waals surface area (Å²) in [5.41, 5.74) is 0. The molecule has 0 amide bonds. The van der Waals surface area contributed by atoms with Crippen LogP contribution in [0.15, 0.2) is 30.3 Å². The van der Waals surface area contributed by atoms with E-state index in [9.17, 15) is 9.59 Å². The molecule has 0 spiro atoms. The van der Waals surface area contributed by atoms with Gasteiger partial charge >= 0.3 is 11.9 Å². The Labute approximate surface area is 149 Å². The summed E-state index contributed by atoms with van der Waals surface area (Å²) in [7, 11) is 1.33. The van der Waals surface area contributed by atoms with E-state index in [1.54, 1.807) is 24.3 Å². The Bertz CT molecular complexity index is 526. The molecule has 2 atom stereocenters. The fraction of sp³-hybridized carbons (Fsp3) is 0.579. The number of carbonyl (C=O) groups is 2. The van der Waals surface area contributed by atoms with Gasteiger partial charge in [-0.3, -0.25) is 0 Å². The van der Waals surface area contributed by atoms with E-state index >= 15 is 0 Å². The van der Waals surface area contributed by atoms with Crippen molar-refractivity contribution >= 4 is 11.9 Å².